The first kappa shape index (κ1) is 37.3. The Morgan fingerprint density at radius 1 is 0.643 bits per heavy atom. The van der Waals surface area contributed by atoms with Gasteiger partial charge in [-0.05, 0) is 90.0 Å². The molecule has 6 atom stereocenters. The number of carboxylic acids is 1. The lowest BCUT2D eigenvalue weighted by molar-refractivity contribution is -0.319. The van der Waals surface area contributed by atoms with Crippen LogP contribution in [0.5, 0.6) is 0 Å². The molecule has 0 aliphatic carbocycles. The van der Waals surface area contributed by atoms with Gasteiger partial charge in [0, 0.05) is 0 Å². The summed E-state index contributed by atoms with van der Waals surface area (Å²) in [4.78, 5) is 63.5. The second kappa shape index (κ2) is 13.7. The number of hydrogen-bond acceptors (Lipinski definition) is 11. The SMILES string of the molecule is C[C@@H](CC(=O)O)O[C@@H]1O[C@H](COC(=O)C(C)(C)C)[C@@H](OC(=O)C(C)(C)C)[C@H](OC(=O)C(C)(C)C)[C@H]1OC(=O)C(C)(C)C. The van der Waals surface area contributed by atoms with Crippen molar-refractivity contribution in [3.63, 3.8) is 0 Å². The Kier molecular flexibility index (Phi) is 12.2. The van der Waals surface area contributed by atoms with Crippen molar-refractivity contribution in [2.75, 3.05) is 6.61 Å². The van der Waals surface area contributed by atoms with Crippen LogP contribution in [0, 0.1) is 21.7 Å². The fraction of sp³-hybridized carbons (Fsp3) is 0.833. The van der Waals surface area contributed by atoms with Crippen molar-refractivity contribution in [3.05, 3.63) is 0 Å². The number of carbonyl (C=O) groups is 5. The number of hydrogen-bond donors (Lipinski definition) is 1. The summed E-state index contributed by atoms with van der Waals surface area (Å²) in [6, 6.07) is 0. The van der Waals surface area contributed by atoms with Crippen LogP contribution in [-0.4, -0.2) is 78.4 Å². The third-order valence-electron chi connectivity index (χ3n) is 5.98. The summed E-state index contributed by atoms with van der Waals surface area (Å²) in [6.45, 7) is 20.6. The van der Waals surface area contributed by atoms with Crippen molar-refractivity contribution in [2.24, 2.45) is 21.7 Å². The van der Waals surface area contributed by atoms with E-state index < -0.39 is 101 Å². The molecule has 1 fully saturated rings. The lowest BCUT2D eigenvalue weighted by Crippen LogP contribution is -2.64. The predicted octanol–water partition coefficient (Wildman–Crippen LogP) is 4.05. The summed E-state index contributed by atoms with van der Waals surface area (Å²) in [7, 11) is 0. The van der Waals surface area contributed by atoms with Gasteiger partial charge < -0.3 is 33.5 Å². The molecule has 242 valence electrons. The van der Waals surface area contributed by atoms with E-state index >= 15 is 0 Å². The third-order valence-corrected chi connectivity index (χ3v) is 5.98. The lowest BCUT2D eigenvalue weighted by atomic mass is 9.93. The monoisotopic (exact) mass is 602 g/mol. The Labute approximate surface area is 249 Å². The molecule has 1 aliphatic heterocycles. The highest BCUT2D eigenvalue weighted by Gasteiger charge is 2.55. The van der Waals surface area contributed by atoms with Crippen LogP contribution < -0.4 is 0 Å². The Bertz CT molecular complexity index is 990. The first-order valence-electron chi connectivity index (χ1n) is 14.1. The zero-order chi connectivity index (χ0) is 33.0. The number of carbonyl (C=O) groups excluding carboxylic acids is 4. The van der Waals surface area contributed by atoms with Crippen LogP contribution in [0.25, 0.3) is 0 Å². The predicted molar refractivity (Wildman–Crippen MR) is 150 cm³/mol. The Morgan fingerprint density at radius 3 is 1.40 bits per heavy atom. The summed E-state index contributed by atoms with van der Waals surface area (Å²) >= 11 is 0. The van der Waals surface area contributed by atoms with E-state index in [0.29, 0.717) is 0 Å². The molecule has 0 aromatic rings. The maximum absolute atomic E-state index is 13.2. The second-order valence-corrected chi connectivity index (χ2v) is 14.8. The molecule has 0 radical (unpaired) electrons. The largest absolute Gasteiger partial charge is 0.481 e. The van der Waals surface area contributed by atoms with Crippen LogP contribution in [0.3, 0.4) is 0 Å². The lowest BCUT2D eigenvalue weighted by Gasteiger charge is -2.46. The molecule has 42 heavy (non-hydrogen) atoms. The van der Waals surface area contributed by atoms with Gasteiger partial charge in [0.15, 0.2) is 24.6 Å². The van der Waals surface area contributed by atoms with E-state index in [9.17, 15) is 29.1 Å². The Hall–Kier alpha value is -2.73. The molecule has 1 N–H and O–H groups in total. The van der Waals surface area contributed by atoms with Gasteiger partial charge in [0.05, 0.1) is 34.2 Å². The number of rotatable bonds is 9. The third kappa shape index (κ3) is 11.2. The number of aliphatic carboxylic acids is 1. The van der Waals surface area contributed by atoms with Crippen molar-refractivity contribution in [2.45, 2.75) is 133 Å². The molecular weight excluding hydrogens is 552 g/mol. The van der Waals surface area contributed by atoms with Gasteiger partial charge in [0.25, 0.3) is 0 Å². The quantitative estimate of drug-likeness (QED) is 0.298. The van der Waals surface area contributed by atoms with E-state index in [4.69, 9.17) is 28.4 Å². The molecule has 0 amide bonds. The van der Waals surface area contributed by atoms with E-state index in [0.717, 1.165) is 0 Å². The highest BCUT2D eigenvalue weighted by Crippen LogP contribution is 2.35. The van der Waals surface area contributed by atoms with Gasteiger partial charge in [-0.1, -0.05) is 0 Å². The van der Waals surface area contributed by atoms with Crippen molar-refractivity contribution < 1.29 is 57.5 Å². The fourth-order valence-corrected chi connectivity index (χ4v) is 3.32. The van der Waals surface area contributed by atoms with E-state index in [1.165, 1.54) is 6.92 Å². The van der Waals surface area contributed by atoms with Gasteiger partial charge in [-0.3, -0.25) is 24.0 Å². The van der Waals surface area contributed by atoms with Gasteiger partial charge in [0.1, 0.15) is 12.7 Å². The highest BCUT2D eigenvalue weighted by molar-refractivity contribution is 5.78. The van der Waals surface area contributed by atoms with Crippen LogP contribution in [0.15, 0.2) is 0 Å². The molecule has 0 bridgehead atoms. The molecule has 0 saturated carbocycles. The molecule has 1 rings (SSSR count). The molecular formula is C30H50O12. The van der Waals surface area contributed by atoms with E-state index in [1.807, 2.05) is 0 Å². The summed E-state index contributed by atoms with van der Waals surface area (Å²) in [5, 5.41) is 9.29. The van der Waals surface area contributed by atoms with E-state index in [-0.39, 0.29) is 0 Å². The van der Waals surface area contributed by atoms with Gasteiger partial charge >= 0.3 is 29.8 Å². The minimum absolute atomic E-state index is 0.418. The number of esters is 4. The first-order valence-corrected chi connectivity index (χ1v) is 14.1. The molecule has 1 saturated heterocycles. The molecule has 12 heteroatoms. The van der Waals surface area contributed by atoms with Crippen LogP contribution in [0.1, 0.15) is 96.4 Å². The van der Waals surface area contributed by atoms with E-state index in [1.54, 1.807) is 83.1 Å². The maximum Gasteiger partial charge on any atom is 0.311 e. The zero-order valence-electron chi connectivity index (χ0n) is 27.3. The Morgan fingerprint density at radius 2 is 1.02 bits per heavy atom. The fourth-order valence-electron chi connectivity index (χ4n) is 3.32. The van der Waals surface area contributed by atoms with Crippen LogP contribution in [-0.2, 0) is 52.4 Å². The average Bonchev–Trinajstić information content (AvgIpc) is 2.77. The first-order chi connectivity index (χ1) is 18.7. The molecule has 0 aromatic carbocycles. The van der Waals surface area contributed by atoms with Gasteiger partial charge in [-0.15, -0.1) is 0 Å². The molecule has 1 heterocycles. The number of ether oxygens (including phenoxy) is 6. The average molecular weight is 603 g/mol. The standard InChI is InChI=1S/C30H50O12/c1-16(14-18(31)32)38-22-21(42-26(36)30(11,12)13)20(41-25(35)29(8,9)10)19(40-24(34)28(5,6)7)17(39-22)15-37-23(33)27(2,3)4/h16-17,19-22H,14-15H2,1-13H3,(H,31,32)/t16-,17+,19+,20-,21+,22+/m0/s1. The normalized spacial score (nSPS) is 24.3. The van der Waals surface area contributed by atoms with Crippen molar-refractivity contribution in [1.29, 1.82) is 0 Å². The van der Waals surface area contributed by atoms with Gasteiger partial charge in [-0.25, -0.2) is 0 Å². The van der Waals surface area contributed by atoms with Crippen LogP contribution in [0.2, 0.25) is 0 Å². The van der Waals surface area contributed by atoms with Crippen LogP contribution >= 0.6 is 0 Å². The smallest absolute Gasteiger partial charge is 0.311 e. The number of carboxylic acid groups (broad SMARTS) is 1. The molecule has 0 spiro atoms. The zero-order valence-corrected chi connectivity index (χ0v) is 27.3. The van der Waals surface area contributed by atoms with Crippen molar-refractivity contribution in [3.8, 4) is 0 Å². The Balaban J connectivity index is 3.77. The summed E-state index contributed by atoms with van der Waals surface area (Å²) < 4.78 is 35.1. The van der Waals surface area contributed by atoms with Gasteiger partial charge in [-0.2, -0.15) is 0 Å². The highest BCUT2D eigenvalue weighted by atomic mass is 16.7. The summed E-state index contributed by atoms with van der Waals surface area (Å²) in [6.07, 6.45) is -8.43. The van der Waals surface area contributed by atoms with Crippen molar-refractivity contribution >= 4 is 29.8 Å². The topological polar surface area (TPSA) is 161 Å². The van der Waals surface area contributed by atoms with Crippen LogP contribution in [0.4, 0.5) is 0 Å². The molecule has 1 aliphatic rings. The molecule has 12 nitrogen and oxygen atoms in total. The maximum atomic E-state index is 13.2. The second-order valence-electron chi connectivity index (χ2n) is 14.8. The van der Waals surface area contributed by atoms with Gasteiger partial charge in [0.2, 0.25) is 0 Å². The van der Waals surface area contributed by atoms with E-state index in [2.05, 4.69) is 0 Å². The molecule has 0 aromatic heterocycles. The summed E-state index contributed by atoms with van der Waals surface area (Å²) in [5.41, 5.74) is -3.89. The minimum Gasteiger partial charge on any atom is -0.481 e. The van der Waals surface area contributed by atoms with Crippen molar-refractivity contribution in [1.82, 2.24) is 0 Å². The summed E-state index contributed by atoms with van der Waals surface area (Å²) in [5.74, 6) is -3.81. The minimum atomic E-state index is -1.48. The molecule has 0 unspecified atom stereocenters.